The maximum atomic E-state index is 13.6. The summed E-state index contributed by atoms with van der Waals surface area (Å²) < 4.78 is 46.6. The highest BCUT2D eigenvalue weighted by Crippen LogP contribution is 2.29. The largest absolute Gasteiger partial charge is 0.458 e. The van der Waals surface area contributed by atoms with Gasteiger partial charge in [0.05, 0.1) is 5.69 Å². The van der Waals surface area contributed by atoms with Crippen LogP contribution in [0.4, 0.5) is 10.1 Å². The lowest BCUT2D eigenvalue weighted by Crippen LogP contribution is -2.13. The average Bonchev–Trinajstić information content (AvgIpc) is 3.09. The molecular weight excluding hydrogens is 333 g/mol. The van der Waals surface area contributed by atoms with Gasteiger partial charge >= 0.3 is 0 Å². The highest BCUT2D eigenvalue weighted by atomic mass is 32.2. The molecule has 2 aromatic heterocycles. The molecule has 0 aliphatic heterocycles. The van der Waals surface area contributed by atoms with E-state index in [9.17, 15) is 12.8 Å². The Labute approximate surface area is 138 Å². The number of halogens is 1. The van der Waals surface area contributed by atoms with E-state index < -0.39 is 15.8 Å². The Hall–Kier alpha value is -2.61. The van der Waals surface area contributed by atoms with Crippen LogP contribution >= 0.6 is 0 Å². The van der Waals surface area contributed by atoms with Crippen molar-refractivity contribution in [3.05, 3.63) is 53.2 Å². The second-order valence-electron chi connectivity index (χ2n) is 5.54. The number of nitrogens with zero attached hydrogens (tertiary/aromatic N) is 1. The number of anilines is 1. The molecule has 0 saturated heterocycles. The first kappa shape index (κ1) is 16.3. The molecule has 0 spiro atoms. The molecule has 2 N–H and O–H groups in total. The third-order valence-electron chi connectivity index (χ3n) is 3.54. The normalized spacial score (nSPS) is 11.7. The lowest BCUT2D eigenvalue weighted by molar-refractivity contribution is 0.533. The van der Waals surface area contributed by atoms with Crippen LogP contribution in [0.2, 0.25) is 0 Å². The SMILES string of the molecule is Cc1cc(-c2cc(S(=O)(=O)Nc3ccc(C)c(F)c3)c(C)o2)n[nH]1. The van der Waals surface area contributed by atoms with Crippen molar-refractivity contribution >= 4 is 15.7 Å². The molecule has 3 aromatic rings. The number of aryl methyl sites for hydroxylation is 3. The lowest BCUT2D eigenvalue weighted by atomic mass is 10.2. The summed E-state index contributed by atoms with van der Waals surface area (Å²) in [5, 5.41) is 6.81. The molecular formula is C16H16FN3O3S. The molecule has 0 aliphatic rings. The van der Waals surface area contributed by atoms with Gasteiger partial charge in [0.15, 0.2) is 5.76 Å². The number of furan rings is 1. The summed E-state index contributed by atoms with van der Waals surface area (Å²) in [4.78, 5) is -0.0147. The zero-order chi connectivity index (χ0) is 17.5. The molecule has 0 unspecified atom stereocenters. The van der Waals surface area contributed by atoms with Crippen LogP contribution < -0.4 is 4.72 Å². The third kappa shape index (κ3) is 3.05. The molecule has 0 saturated carbocycles. The van der Waals surface area contributed by atoms with Crippen molar-refractivity contribution in [3.63, 3.8) is 0 Å². The fourth-order valence-corrected chi connectivity index (χ4v) is 3.50. The highest BCUT2D eigenvalue weighted by Gasteiger charge is 2.23. The van der Waals surface area contributed by atoms with Crippen molar-refractivity contribution < 1.29 is 17.2 Å². The zero-order valence-electron chi connectivity index (χ0n) is 13.3. The number of rotatable bonds is 4. The average molecular weight is 349 g/mol. The van der Waals surface area contributed by atoms with Crippen LogP contribution in [0, 0.1) is 26.6 Å². The van der Waals surface area contributed by atoms with E-state index >= 15 is 0 Å². The topological polar surface area (TPSA) is 88.0 Å². The maximum absolute atomic E-state index is 13.6. The third-order valence-corrected chi connectivity index (χ3v) is 5.03. The summed E-state index contributed by atoms with van der Waals surface area (Å²) in [5.74, 6) is 0.0878. The Bertz CT molecular complexity index is 1010. The van der Waals surface area contributed by atoms with E-state index in [2.05, 4.69) is 14.9 Å². The van der Waals surface area contributed by atoms with E-state index in [1.54, 1.807) is 19.9 Å². The first-order valence-corrected chi connectivity index (χ1v) is 8.66. The maximum Gasteiger partial charge on any atom is 0.265 e. The first-order chi connectivity index (χ1) is 11.3. The van der Waals surface area contributed by atoms with Gasteiger partial charge in [-0.25, -0.2) is 12.8 Å². The van der Waals surface area contributed by atoms with E-state index in [0.717, 1.165) is 11.8 Å². The molecule has 2 heterocycles. The van der Waals surface area contributed by atoms with Gasteiger partial charge < -0.3 is 4.42 Å². The number of aromatic amines is 1. The zero-order valence-corrected chi connectivity index (χ0v) is 14.2. The number of hydrogen-bond donors (Lipinski definition) is 2. The van der Waals surface area contributed by atoms with Gasteiger partial charge in [-0.3, -0.25) is 9.82 Å². The van der Waals surface area contributed by atoms with Crippen LogP contribution in [0.5, 0.6) is 0 Å². The van der Waals surface area contributed by atoms with Gasteiger partial charge in [-0.1, -0.05) is 6.07 Å². The molecule has 0 aliphatic carbocycles. The molecule has 24 heavy (non-hydrogen) atoms. The monoisotopic (exact) mass is 349 g/mol. The van der Waals surface area contributed by atoms with Gasteiger partial charge in [0.1, 0.15) is 22.2 Å². The molecule has 3 rings (SSSR count). The Morgan fingerprint density at radius 1 is 1.17 bits per heavy atom. The summed E-state index contributed by atoms with van der Waals surface area (Å²) >= 11 is 0. The highest BCUT2D eigenvalue weighted by molar-refractivity contribution is 7.92. The summed E-state index contributed by atoms with van der Waals surface area (Å²) in [6.07, 6.45) is 0. The Morgan fingerprint density at radius 3 is 2.54 bits per heavy atom. The van der Waals surface area contributed by atoms with Gasteiger partial charge in [-0.05, 0) is 44.5 Å². The number of H-pyrrole nitrogens is 1. The van der Waals surface area contributed by atoms with Crippen LogP contribution in [0.15, 0.2) is 39.6 Å². The molecule has 6 nitrogen and oxygen atoms in total. The van der Waals surface area contributed by atoms with E-state index in [1.165, 1.54) is 18.2 Å². The number of sulfonamides is 1. The van der Waals surface area contributed by atoms with Crippen molar-refractivity contribution in [1.82, 2.24) is 10.2 Å². The minimum absolute atomic E-state index is 0.0147. The van der Waals surface area contributed by atoms with Crippen LogP contribution in [-0.4, -0.2) is 18.6 Å². The Kier molecular flexibility index (Phi) is 3.92. The van der Waals surface area contributed by atoms with Crippen LogP contribution in [0.25, 0.3) is 11.5 Å². The molecule has 0 radical (unpaired) electrons. The molecule has 126 valence electrons. The smallest absolute Gasteiger partial charge is 0.265 e. The van der Waals surface area contributed by atoms with Crippen molar-refractivity contribution in [1.29, 1.82) is 0 Å². The van der Waals surface area contributed by atoms with Crippen LogP contribution in [0.1, 0.15) is 17.0 Å². The van der Waals surface area contributed by atoms with Crippen LogP contribution in [-0.2, 0) is 10.0 Å². The van der Waals surface area contributed by atoms with Crippen molar-refractivity contribution in [2.75, 3.05) is 4.72 Å². The van der Waals surface area contributed by atoms with Gasteiger partial charge in [-0.15, -0.1) is 0 Å². The van der Waals surface area contributed by atoms with Gasteiger partial charge in [0, 0.05) is 11.8 Å². The fourth-order valence-electron chi connectivity index (χ4n) is 2.27. The van der Waals surface area contributed by atoms with Gasteiger partial charge in [-0.2, -0.15) is 5.10 Å². The predicted octanol–water partition coefficient (Wildman–Crippen LogP) is 3.53. The van der Waals surface area contributed by atoms with E-state index in [4.69, 9.17) is 4.42 Å². The summed E-state index contributed by atoms with van der Waals surface area (Å²) in [7, 11) is -3.90. The van der Waals surface area contributed by atoms with Crippen LogP contribution in [0.3, 0.4) is 0 Å². The minimum Gasteiger partial charge on any atom is -0.458 e. The Balaban J connectivity index is 1.95. The van der Waals surface area contributed by atoms with Gasteiger partial charge in [0.25, 0.3) is 10.0 Å². The van der Waals surface area contributed by atoms with E-state index in [-0.39, 0.29) is 16.3 Å². The molecule has 0 atom stereocenters. The van der Waals surface area contributed by atoms with Gasteiger partial charge in [0.2, 0.25) is 0 Å². The van der Waals surface area contributed by atoms with Crippen molar-refractivity contribution in [3.8, 4) is 11.5 Å². The fraction of sp³-hybridized carbons (Fsp3) is 0.188. The predicted molar refractivity (Wildman–Crippen MR) is 87.7 cm³/mol. The lowest BCUT2D eigenvalue weighted by Gasteiger charge is -2.07. The van der Waals surface area contributed by atoms with Crippen molar-refractivity contribution in [2.45, 2.75) is 25.7 Å². The second-order valence-corrected chi connectivity index (χ2v) is 7.19. The number of aromatic nitrogens is 2. The van der Waals surface area contributed by atoms with E-state index in [1.807, 2.05) is 6.92 Å². The molecule has 0 amide bonds. The summed E-state index contributed by atoms with van der Waals surface area (Å²) in [6.45, 7) is 4.98. The molecule has 8 heteroatoms. The Morgan fingerprint density at radius 2 is 1.92 bits per heavy atom. The molecule has 0 fully saturated rings. The summed E-state index contributed by atoms with van der Waals surface area (Å²) in [6, 6.07) is 7.30. The summed E-state index contributed by atoms with van der Waals surface area (Å²) in [5.41, 5.74) is 1.93. The number of hydrogen-bond acceptors (Lipinski definition) is 4. The van der Waals surface area contributed by atoms with Crippen molar-refractivity contribution in [2.24, 2.45) is 0 Å². The number of nitrogens with one attached hydrogen (secondary N) is 2. The van der Waals surface area contributed by atoms with E-state index in [0.29, 0.717) is 17.0 Å². The second kappa shape index (κ2) is 5.79. The first-order valence-electron chi connectivity index (χ1n) is 7.18. The quantitative estimate of drug-likeness (QED) is 0.754. The molecule has 0 bridgehead atoms. The molecule has 1 aromatic carbocycles. The minimum atomic E-state index is -3.90. The standard InChI is InChI=1S/C16H16FN3O3S/c1-9-4-5-12(7-13(9)17)20-24(21,22)16-8-15(23-11(16)3)14-6-10(2)18-19-14/h4-8,20H,1-3H3,(H,18,19). The number of benzene rings is 1.